The molecule has 1 aromatic carbocycles. The van der Waals surface area contributed by atoms with Gasteiger partial charge in [0.15, 0.2) is 0 Å². The molecule has 0 spiro atoms. The van der Waals surface area contributed by atoms with Gasteiger partial charge >= 0.3 is 0 Å². The average molecular weight is 347 g/mol. The van der Waals surface area contributed by atoms with Crippen LogP contribution in [-0.2, 0) is 6.42 Å². The molecule has 1 aliphatic rings. The Labute approximate surface area is 126 Å². The fourth-order valence-corrected chi connectivity index (χ4v) is 3.69. The summed E-state index contributed by atoms with van der Waals surface area (Å²) in [7, 11) is 0. The lowest BCUT2D eigenvalue weighted by molar-refractivity contribution is -0.384. The molecule has 1 saturated carbocycles. The summed E-state index contributed by atoms with van der Waals surface area (Å²) in [6, 6.07) is 4.78. The number of hydrogen-bond donors (Lipinski definition) is 0. The molecule has 0 N–H and O–H groups in total. The largest absolute Gasteiger partial charge is 0.270 e. The topological polar surface area (TPSA) is 43.1 Å². The molecule has 1 aliphatic carbocycles. The monoisotopic (exact) mass is 345 g/mol. The van der Waals surface area contributed by atoms with E-state index in [-0.39, 0.29) is 5.69 Å². The van der Waals surface area contributed by atoms with Gasteiger partial charge in [-0.15, -0.1) is 0 Å². The highest BCUT2D eigenvalue weighted by Crippen LogP contribution is 2.37. The lowest BCUT2D eigenvalue weighted by atomic mass is 9.79. The van der Waals surface area contributed by atoms with Crippen molar-refractivity contribution in [1.82, 2.24) is 0 Å². The van der Waals surface area contributed by atoms with E-state index in [4.69, 9.17) is 11.6 Å². The number of nitrogens with zero attached hydrogens (tertiary/aromatic N) is 1. The van der Waals surface area contributed by atoms with E-state index in [2.05, 4.69) is 22.9 Å². The molecule has 3 nitrogen and oxygen atoms in total. The van der Waals surface area contributed by atoms with Crippen LogP contribution < -0.4 is 0 Å². The molecular weight excluding hydrogens is 330 g/mol. The number of non-ortho nitro benzene ring substituents is 1. The molecule has 5 heteroatoms. The summed E-state index contributed by atoms with van der Waals surface area (Å²) in [5.74, 6) is 1.30. The van der Waals surface area contributed by atoms with E-state index < -0.39 is 4.92 Å². The quantitative estimate of drug-likeness (QED) is 0.439. The molecule has 19 heavy (non-hydrogen) atoms. The molecule has 1 fully saturated rings. The van der Waals surface area contributed by atoms with Gasteiger partial charge in [-0.05, 0) is 43.1 Å². The molecule has 3 atom stereocenters. The summed E-state index contributed by atoms with van der Waals surface area (Å²) >= 11 is 9.91. The van der Waals surface area contributed by atoms with E-state index in [1.807, 2.05) is 0 Å². The average Bonchev–Trinajstić information content (AvgIpc) is 2.36. The minimum Gasteiger partial charge on any atom is -0.258 e. The van der Waals surface area contributed by atoms with Gasteiger partial charge in [0, 0.05) is 17.0 Å². The molecule has 0 saturated heterocycles. The Bertz CT molecular complexity index is 481. The third kappa shape index (κ3) is 3.69. The highest BCUT2D eigenvalue weighted by molar-refractivity contribution is 9.09. The van der Waals surface area contributed by atoms with Crippen molar-refractivity contribution in [2.24, 2.45) is 11.8 Å². The molecule has 0 heterocycles. The van der Waals surface area contributed by atoms with Crippen molar-refractivity contribution in [3.8, 4) is 0 Å². The molecule has 3 unspecified atom stereocenters. The van der Waals surface area contributed by atoms with Crippen LogP contribution in [0.1, 0.15) is 31.7 Å². The first-order valence-electron chi connectivity index (χ1n) is 6.54. The zero-order chi connectivity index (χ0) is 14.0. The van der Waals surface area contributed by atoms with Crippen molar-refractivity contribution in [1.29, 1.82) is 0 Å². The van der Waals surface area contributed by atoms with Gasteiger partial charge < -0.3 is 0 Å². The number of halogens is 2. The highest BCUT2D eigenvalue weighted by atomic mass is 79.9. The molecule has 0 bridgehead atoms. The summed E-state index contributed by atoms with van der Waals surface area (Å²) in [6.45, 7) is 2.28. The van der Waals surface area contributed by atoms with Crippen molar-refractivity contribution in [3.05, 3.63) is 38.9 Å². The highest BCUT2D eigenvalue weighted by Gasteiger charge is 2.27. The second kappa shape index (κ2) is 6.23. The molecule has 104 valence electrons. The molecule has 0 aliphatic heterocycles. The third-order valence-electron chi connectivity index (χ3n) is 3.88. The Kier molecular flexibility index (Phi) is 4.85. The number of nitro groups is 1. The SMILES string of the molecule is CC1CCC(Br)C(Cc2ccc([N+](=O)[O-])cc2Cl)C1. The van der Waals surface area contributed by atoms with E-state index in [0.717, 1.165) is 17.9 Å². The van der Waals surface area contributed by atoms with Crippen LogP contribution in [0.4, 0.5) is 5.69 Å². The van der Waals surface area contributed by atoms with Crippen molar-refractivity contribution < 1.29 is 4.92 Å². The minimum absolute atomic E-state index is 0.0566. The van der Waals surface area contributed by atoms with E-state index in [0.29, 0.717) is 15.8 Å². The van der Waals surface area contributed by atoms with Crippen LogP contribution >= 0.6 is 27.5 Å². The molecule has 0 aromatic heterocycles. The number of hydrogen-bond acceptors (Lipinski definition) is 2. The lowest BCUT2D eigenvalue weighted by Gasteiger charge is -2.31. The number of benzene rings is 1. The summed E-state index contributed by atoms with van der Waals surface area (Å²) in [6.07, 6.45) is 4.52. The van der Waals surface area contributed by atoms with Gasteiger partial charge in [-0.25, -0.2) is 0 Å². The first-order chi connectivity index (χ1) is 8.97. The van der Waals surface area contributed by atoms with Crippen molar-refractivity contribution in [2.45, 2.75) is 37.4 Å². The predicted molar refractivity (Wildman–Crippen MR) is 81.0 cm³/mol. The van der Waals surface area contributed by atoms with Crippen LogP contribution in [-0.4, -0.2) is 9.75 Å². The summed E-state index contributed by atoms with van der Waals surface area (Å²) in [5, 5.41) is 11.2. The fraction of sp³-hybridized carbons (Fsp3) is 0.571. The van der Waals surface area contributed by atoms with Crippen LogP contribution in [0.5, 0.6) is 0 Å². The zero-order valence-electron chi connectivity index (χ0n) is 10.8. The Balaban J connectivity index is 2.12. The normalized spacial score (nSPS) is 27.2. The van der Waals surface area contributed by atoms with Crippen molar-refractivity contribution >= 4 is 33.2 Å². The Morgan fingerprint density at radius 2 is 2.21 bits per heavy atom. The van der Waals surface area contributed by atoms with Gasteiger partial charge in [0.2, 0.25) is 0 Å². The van der Waals surface area contributed by atoms with E-state index in [1.165, 1.54) is 31.4 Å². The number of rotatable bonds is 3. The standard InChI is InChI=1S/C14H17BrClNO2/c1-9-2-5-13(15)11(6-9)7-10-3-4-12(17(18)19)8-14(10)16/h3-4,8-9,11,13H,2,5-7H2,1H3. The van der Waals surface area contributed by atoms with Gasteiger partial charge in [-0.1, -0.05) is 40.5 Å². The summed E-state index contributed by atoms with van der Waals surface area (Å²) in [5.41, 5.74) is 1.07. The maximum absolute atomic E-state index is 10.7. The van der Waals surface area contributed by atoms with Gasteiger partial charge in [0.25, 0.3) is 5.69 Å². The molecule has 1 aromatic rings. The summed E-state index contributed by atoms with van der Waals surface area (Å²) in [4.78, 5) is 10.8. The first-order valence-corrected chi connectivity index (χ1v) is 7.83. The Hall–Kier alpha value is -0.610. The van der Waals surface area contributed by atoms with E-state index in [9.17, 15) is 10.1 Å². The van der Waals surface area contributed by atoms with Gasteiger partial charge in [0.05, 0.1) is 9.95 Å². The van der Waals surface area contributed by atoms with Crippen LogP contribution in [0.3, 0.4) is 0 Å². The second-order valence-corrected chi connectivity index (χ2v) is 7.01. The first kappa shape index (κ1) is 14.8. The number of nitro benzene ring substituents is 1. The van der Waals surface area contributed by atoms with Crippen molar-refractivity contribution in [3.63, 3.8) is 0 Å². The van der Waals surface area contributed by atoms with E-state index in [1.54, 1.807) is 6.07 Å². The Morgan fingerprint density at radius 3 is 2.84 bits per heavy atom. The molecule has 0 amide bonds. The Morgan fingerprint density at radius 1 is 1.47 bits per heavy atom. The maximum Gasteiger partial charge on any atom is 0.270 e. The van der Waals surface area contributed by atoms with Gasteiger partial charge in [0.1, 0.15) is 0 Å². The molecular formula is C14H17BrClNO2. The number of alkyl halides is 1. The molecule has 2 rings (SSSR count). The predicted octanol–water partition coefficient (Wildman–Crippen LogP) is 4.99. The third-order valence-corrected chi connectivity index (χ3v) is 5.44. The van der Waals surface area contributed by atoms with Gasteiger partial charge in [-0.2, -0.15) is 0 Å². The fourth-order valence-electron chi connectivity index (χ4n) is 2.77. The minimum atomic E-state index is -0.411. The van der Waals surface area contributed by atoms with Crippen LogP contribution in [0.2, 0.25) is 5.02 Å². The van der Waals surface area contributed by atoms with Crippen molar-refractivity contribution in [2.75, 3.05) is 0 Å². The van der Waals surface area contributed by atoms with Crippen LogP contribution in [0, 0.1) is 22.0 Å². The van der Waals surface area contributed by atoms with Crippen LogP contribution in [0.15, 0.2) is 18.2 Å². The maximum atomic E-state index is 10.7. The lowest BCUT2D eigenvalue weighted by Crippen LogP contribution is -2.25. The van der Waals surface area contributed by atoms with Gasteiger partial charge in [-0.3, -0.25) is 10.1 Å². The van der Waals surface area contributed by atoms with Crippen LogP contribution in [0.25, 0.3) is 0 Å². The zero-order valence-corrected chi connectivity index (χ0v) is 13.2. The van der Waals surface area contributed by atoms with E-state index >= 15 is 0 Å². The second-order valence-electron chi connectivity index (χ2n) is 5.43. The smallest absolute Gasteiger partial charge is 0.258 e. The summed E-state index contributed by atoms with van der Waals surface area (Å²) < 4.78 is 0. The molecule has 0 radical (unpaired) electrons.